The highest BCUT2D eigenvalue weighted by Gasteiger charge is 2.16. The van der Waals surface area contributed by atoms with Crippen molar-refractivity contribution < 1.29 is 4.74 Å². The van der Waals surface area contributed by atoms with Gasteiger partial charge in [0.1, 0.15) is 0 Å². The third-order valence-electron chi connectivity index (χ3n) is 3.12. The Kier molecular flexibility index (Phi) is 4.98. The van der Waals surface area contributed by atoms with Crippen molar-refractivity contribution >= 4 is 0 Å². The van der Waals surface area contributed by atoms with E-state index in [2.05, 4.69) is 29.7 Å². The van der Waals surface area contributed by atoms with Gasteiger partial charge in [0.2, 0.25) is 0 Å². The molecule has 2 N–H and O–H groups in total. The first-order chi connectivity index (χ1) is 8.34. The zero-order chi connectivity index (χ0) is 11.9. The molecule has 0 amide bonds. The fraction of sp³-hybridized carbons (Fsp3) is 0.571. The topological polar surface area (TPSA) is 33.3 Å². The van der Waals surface area contributed by atoms with E-state index < -0.39 is 0 Å². The zero-order valence-electron chi connectivity index (χ0n) is 10.5. The molecule has 0 aliphatic carbocycles. The van der Waals surface area contributed by atoms with Gasteiger partial charge in [-0.25, -0.2) is 0 Å². The Labute approximate surface area is 104 Å². The maximum Gasteiger partial charge on any atom is 0.0717 e. The SMILES string of the molecule is CC(COCc1ccccc1)NCC1CCN1. The summed E-state index contributed by atoms with van der Waals surface area (Å²) in [7, 11) is 0. The summed E-state index contributed by atoms with van der Waals surface area (Å²) in [5, 5.41) is 6.86. The first-order valence-corrected chi connectivity index (χ1v) is 6.43. The molecule has 1 aliphatic heterocycles. The molecule has 1 aromatic rings. The lowest BCUT2D eigenvalue weighted by Crippen LogP contribution is -2.51. The van der Waals surface area contributed by atoms with Crippen molar-refractivity contribution in [2.75, 3.05) is 19.7 Å². The Hall–Kier alpha value is -0.900. The van der Waals surface area contributed by atoms with Crippen molar-refractivity contribution in [1.29, 1.82) is 0 Å². The highest BCUT2D eigenvalue weighted by atomic mass is 16.5. The van der Waals surface area contributed by atoms with Crippen molar-refractivity contribution in [1.82, 2.24) is 10.6 Å². The first-order valence-electron chi connectivity index (χ1n) is 6.43. The van der Waals surface area contributed by atoms with E-state index >= 15 is 0 Å². The molecular weight excluding hydrogens is 212 g/mol. The molecule has 1 saturated heterocycles. The van der Waals surface area contributed by atoms with Gasteiger partial charge in [-0.05, 0) is 25.5 Å². The minimum Gasteiger partial charge on any atom is -0.375 e. The second kappa shape index (κ2) is 6.74. The second-order valence-electron chi connectivity index (χ2n) is 4.75. The average Bonchev–Trinajstić information content (AvgIpc) is 2.28. The van der Waals surface area contributed by atoms with Gasteiger partial charge < -0.3 is 15.4 Å². The van der Waals surface area contributed by atoms with Gasteiger partial charge in [0.05, 0.1) is 13.2 Å². The lowest BCUT2D eigenvalue weighted by Gasteiger charge is -2.29. The largest absolute Gasteiger partial charge is 0.375 e. The normalized spacial score (nSPS) is 20.9. The minimum absolute atomic E-state index is 0.418. The van der Waals surface area contributed by atoms with Gasteiger partial charge >= 0.3 is 0 Å². The van der Waals surface area contributed by atoms with Crippen LogP contribution in [0.5, 0.6) is 0 Å². The van der Waals surface area contributed by atoms with E-state index in [1.54, 1.807) is 0 Å². The third-order valence-corrected chi connectivity index (χ3v) is 3.12. The molecule has 0 radical (unpaired) electrons. The summed E-state index contributed by atoms with van der Waals surface area (Å²) in [5.74, 6) is 0. The molecule has 1 fully saturated rings. The van der Waals surface area contributed by atoms with Crippen LogP contribution < -0.4 is 10.6 Å². The van der Waals surface area contributed by atoms with Gasteiger partial charge in [-0.1, -0.05) is 30.3 Å². The Morgan fingerprint density at radius 1 is 1.41 bits per heavy atom. The molecule has 1 aromatic carbocycles. The summed E-state index contributed by atoms with van der Waals surface area (Å²) < 4.78 is 5.68. The van der Waals surface area contributed by atoms with Gasteiger partial charge in [0.25, 0.3) is 0 Å². The van der Waals surface area contributed by atoms with Crippen molar-refractivity contribution in [3.63, 3.8) is 0 Å². The van der Waals surface area contributed by atoms with E-state index in [4.69, 9.17) is 4.74 Å². The van der Waals surface area contributed by atoms with Gasteiger partial charge in [-0.15, -0.1) is 0 Å². The molecule has 0 bridgehead atoms. The number of hydrogen-bond acceptors (Lipinski definition) is 3. The van der Waals surface area contributed by atoms with Gasteiger partial charge in [0, 0.05) is 18.6 Å². The van der Waals surface area contributed by atoms with Crippen LogP contribution in [0, 0.1) is 0 Å². The standard InChI is InChI=1S/C14H22N2O/c1-12(16-9-14-7-8-15-14)10-17-11-13-5-3-2-4-6-13/h2-6,12,14-16H,7-11H2,1H3. The van der Waals surface area contributed by atoms with E-state index in [0.717, 1.165) is 13.2 Å². The van der Waals surface area contributed by atoms with E-state index in [0.29, 0.717) is 18.7 Å². The second-order valence-corrected chi connectivity index (χ2v) is 4.75. The molecule has 0 saturated carbocycles. The zero-order valence-corrected chi connectivity index (χ0v) is 10.5. The van der Waals surface area contributed by atoms with Crippen LogP contribution >= 0.6 is 0 Å². The lowest BCUT2D eigenvalue weighted by molar-refractivity contribution is 0.101. The predicted molar refractivity (Wildman–Crippen MR) is 70.0 cm³/mol. The van der Waals surface area contributed by atoms with Crippen LogP contribution in [0.2, 0.25) is 0 Å². The number of nitrogens with one attached hydrogen (secondary N) is 2. The number of benzene rings is 1. The molecule has 2 rings (SSSR count). The Morgan fingerprint density at radius 3 is 2.82 bits per heavy atom. The molecule has 3 heteroatoms. The smallest absolute Gasteiger partial charge is 0.0717 e. The summed E-state index contributed by atoms with van der Waals surface area (Å²) >= 11 is 0. The summed E-state index contributed by atoms with van der Waals surface area (Å²) in [6.07, 6.45) is 1.30. The Morgan fingerprint density at radius 2 is 2.18 bits per heavy atom. The number of ether oxygens (including phenoxy) is 1. The lowest BCUT2D eigenvalue weighted by atomic mass is 10.1. The van der Waals surface area contributed by atoms with Crippen molar-refractivity contribution in [3.8, 4) is 0 Å². The fourth-order valence-corrected chi connectivity index (χ4v) is 1.85. The summed E-state index contributed by atoms with van der Waals surface area (Å²) in [6, 6.07) is 11.4. The van der Waals surface area contributed by atoms with Crippen LogP contribution in [0.1, 0.15) is 18.9 Å². The molecular formula is C14H22N2O. The maximum atomic E-state index is 5.68. The molecule has 3 nitrogen and oxygen atoms in total. The van der Waals surface area contributed by atoms with E-state index in [1.165, 1.54) is 18.5 Å². The third kappa shape index (κ3) is 4.46. The molecule has 94 valence electrons. The quantitative estimate of drug-likeness (QED) is 0.751. The first kappa shape index (κ1) is 12.6. The molecule has 0 aromatic heterocycles. The summed E-state index contributed by atoms with van der Waals surface area (Å²) in [5.41, 5.74) is 1.24. The molecule has 17 heavy (non-hydrogen) atoms. The highest BCUT2D eigenvalue weighted by molar-refractivity contribution is 5.13. The fourth-order valence-electron chi connectivity index (χ4n) is 1.85. The van der Waals surface area contributed by atoms with Crippen LogP contribution in [-0.2, 0) is 11.3 Å². The predicted octanol–water partition coefficient (Wildman–Crippen LogP) is 1.54. The average molecular weight is 234 g/mol. The number of hydrogen-bond donors (Lipinski definition) is 2. The van der Waals surface area contributed by atoms with Crippen LogP contribution in [0.15, 0.2) is 30.3 Å². The van der Waals surface area contributed by atoms with Gasteiger partial charge in [0.15, 0.2) is 0 Å². The van der Waals surface area contributed by atoms with Crippen LogP contribution in [-0.4, -0.2) is 31.8 Å². The van der Waals surface area contributed by atoms with Crippen molar-refractivity contribution in [3.05, 3.63) is 35.9 Å². The van der Waals surface area contributed by atoms with Crippen LogP contribution in [0.4, 0.5) is 0 Å². The monoisotopic (exact) mass is 234 g/mol. The molecule has 1 aliphatic rings. The van der Waals surface area contributed by atoms with E-state index in [-0.39, 0.29) is 0 Å². The van der Waals surface area contributed by atoms with E-state index in [1.807, 2.05) is 18.2 Å². The summed E-state index contributed by atoms with van der Waals surface area (Å²) in [6.45, 7) is 5.86. The van der Waals surface area contributed by atoms with Crippen molar-refractivity contribution in [2.45, 2.75) is 32.0 Å². The maximum absolute atomic E-state index is 5.68. The van der Waals surface area contributed by atoms with Gasteiger partial charge in [-0.3, -0.25) is 0 Å². The molecule has 2 atom stereocenters. The Bertz CT molecular complexity index is 311. The minimum atomic E-state index is 0.418. The Balaban J connectivity index is 1.54. The summed E-state index contributed by atoms with van der Waals surface area (Å²) in [4.78, 5) is 0. The van der Waals surface area contributed by atoms with Crippen molar-refractivity contribution in [2.24, 2.45) is 0 Å². The van der Waals surface area contributed by atoms with Crippen LogP contribution in [0.25, 0.3) is 0 Å². The number of rotatable bonds is 7. The van der Waals surface area contributed by atoms with Crippen LogP contribution in [0.3, 0.4) is 0 Å². The molecule has 1 heterocycles. The highest BCUT2D eigenvalue weighted by Crippen LogP contribution is 2.02. The molecule has 0 spiro atoms. The van der Waals surface area contributed by atoms with E-state index in [9.17, 15) is 0 Å². The molecule has 2 unspecified atom stereocenters. The van der Waals surface area contributed by atoms with Gasteiger partial charge in [-0.2, -0.15) is 0 Å².